The van der Waals surface area contributed by atoms with E-state index in [1.807, 2.05) is 30.6 Å². The van der Waals surface area contributed by atoms with Crippen LogP contribution >= 0.6 is 0 Å². The number of hydrogen-bond acceptors (Lipinski definition) is 5. The normalized spacial score (nSPS) is 16.9. The standard InChI is InChI=1S/C22H32N2O5/c1-4-27-18-14-17(15-19(28-5-2)20(18)29-6-3)22(26)24-11-7-10-23(12-13-24)21(25)16-8-9-16/h14-16H,4-13H2,1-3H3. The summed E-state index contributed by atoms with van der Waals surface area (Å²) >= 11 is 0. The van der Waals surface area contributed by atoms with E-state index in [9.17, 15) is 9.59 Å². The molecular weight excluding hydrogens is 372 g/mol. The fraction of sp³-hybridized carbons (Fsp3) is 0.636. The van der Waals surface area contributed by atoms with Crippen molar-refractivity contribution in [3.05, 3.63) is 17.7 Å². The lowest BCUT2D eigenvalue weighted by Crippen LogP contribution is -2.38. The van der Waals surface area contributed by atoms with Crippen molar-refractivity contribution < 1.29 is 23.8 Å². The molecule has 7 nitrogen and oxygen atoms in total. The number of benzene rings is 1. The molecule has 0 unspecified atom stereocenters. The van der Waals surface area contributed by atoms with Gasteiger partial charge in [-0.25, -0.2) is 0 Å². The fourth-order valence-corrected chi connectivity index (χ4v) is 3.62. The quantitative estimate of drug-likeness (QED) is 0.666. The van der Waals surface area contributed by atoms with Crippen LogP contribution in [0.5, 0.6) is 17.2 Å². The largest absolute Gasteiger partial charge is 0.490 e. The number of amides is 2. The van der Waals surface area contributed by atoms with E-state index in [0.29, 0.717) is 62.3 Å². The molecule has 1 heterocycles. The predicted molar refractivity (Wildman–Crippen MR) is 110 cm³/mol. The Balaban J connectivity index is 1.79. The Morgan fingerprint density at radius 2 is 1.41 bits per heavy atom. The van der Waals surface area contributed by atoms with Gasteiger partial charge in [0.2, 0.25) is 11.7 Å². The molecule has 2 fully saturated rings. The van der Waals surface area contributed by atoms with Gasteiger partial charge in [0.25, 0.3) is 5.91 Å². The highest BCUT2D eigenvalue weighted by Crippen LogP contribution is 2.39. The molecular formula is C22H32N2O5. The fourth-order valence-electron chi connectivity index (χ4n) is 3.62. The minimum atomic E-state index is -0.0734. The number of hydrogen-bond donors (Lipinski definition) is 0. The molecule has 7 heteroatoms. The molecule has 1 aromatic carbocycles. The molecule has 0 atom stereocenters. The van der Waals surface area contributed by atoms with Crippen molar-refractivity contribution in [1.29, 1.82) is 0 Å². The van der Waals surface area contributed by atoms with Crippen molar-refractivity contribution >= 4 is 11.8 Å². The van der Waals surface area contributed by atoms with Gasteiger partial charge in [0, 0.05) is 37.7 Å². The Kier molecular flexibility index (Phi) is 7.23. The highest BCUT2D eigenvalue weighted by molar-refractivity contribution is 5.95. The second-order valence-corrected chi connectivity index (χ2v) is 7.35. The van der Waals surface area contributed by atoms with Crippen molar-refractivity contribution in [1.82, 2.24) is 9.80 Å². The van der Waals surface area contributed by atoms with Crippen LogP contribution in [0.1, 0.15) is 50.4 Å². The zero-order valence-corrected chi connectivity index (χ0v) is 17.7. The van der Waals surface area contributed by atoms with Crippen LogP contribution in [0, 0.1) is 5.92 Å². The van der Waals surface area contributed by atoms with Gasteiger partial charge in [-0.05, 0) is 52.2 Å². The van der Waals surface area contributed by atoms with Crippen molar-refractivity contribution in [2.45, 2.75) is 40.0 Å². The minimum Gasteiger partial charge on any atom is -0.490 e. The molecule has 0 N–H and O–H groups in total. The molecule has 0 bridgehead atoms. The maximum Gasteiger partial charge on any atom is 0.254 e. The molecule has 1 saturated heterocycles. The topological polar surface area (TPSA) is 68.3 Å². The molecule has 0 radical (unpaired) electrons. The molecule has 1 aromatic rings. The molecule has 1 aliphatic carbocycles. The SMILES string of the molecule is CCOc1cc(C(=O)N2CCCN(C(=O)C3CC3)CC2)cc(OCC)c1OCC. The van der Waals surface area contributed by atoms with Gasteiger partial charge < -0.3 is 24.0 Å². The Labute approximate surface area is 172 Å². The zero-order valence-electron chi connectivity index (χ0n) is 17.7. The first-order chi connectivity index (χ1) is 14.1. The number of carbonyl (C=O) groups is 2. The predicted octanol–water partition coefficient (Wildman–Crippen LogP) is 2.97. The van der Waals surface area contributed by atoms with Gasteiger partial charge in [0.1, 0.15) is 0 Å². The van der Waals surface area contributed by atoms with Crippen LogP contribution in [-0.4, -0.2) is 67.6 Å². The summed E-state index contributed by atoms with van der Waals surface area (Å²) in [4.78, 5) is 29.3. The lowest BCUT2D eigenvalue weighted by molar-refractivity contribution is -0.132. The van der Waals surface area contributed by atoms with Crippen LogP contribution in [0.15, 0.2) is 12.1 Å². The number of rotatable bonds is 8. The van der Waals surface area contributed by atoms with Crippen molar-refractivity contribution in [3.8, 4) is 17.2 Å². The molecule has 29 heavy (non-hydrogen) atoms. The highest BCUT2D eigenvalue weighted by atomic mass is 16.5. The third kappa shape index (κ3) is 5.14. The van der Waals surface area contributed by atoms with Crippen LogP contribution < -0.4 is 14.2 Å². The molecule has 3 rings (SSSR count). The summed E-state index contributed by atoms with van der Waals surface area (Å²) in [6.45, 7) is 9.57. The summed E-state index contributed by atoms with van der Waals surface area (Å²) in [5, 5.41) is 0. The molecule has 160 valence electrons. The Bertz CT molecular complexity index is 705. The van der Waals surface area contributed by atoms with Gasteiger partial charge >= 0.3 is 0 Å². The van der Waals surface area contributed by atoms with Gasteiger partial charge in [-0.2, -0.15) is 0 Å². The summed E-state index contributed by atoms with van der Waals surface area (Å²) in [6.07, 6.45) is 2.80. The Morgan fingerprint density at radius 3 is 1.97 bits per heavy atom. The summed E-state index contributed by atoms with van der Waals surface area (Å²) < 4.78 is 17.2. The molecule has 2 amide bonds. The van der Waals surface area contributed by atoms with Crippen LogP contribution in [0.3, 0.4) is 0 Å². The number of ether oxygens (including phenoxy) is 3. The maximum atomic E-state index is 13.2. The zero-order chi connectivity index (χ0) is 20.8. The van der Waals surface area contributed by atoms with E-state index in [2.05, 4.69) is 0 Å². The van der Waals surface area contributed by atoms with Gasteiger partial charge in [-0.3, -0.25) is 9.59 Å². The maximum absolute atomic E-state index is 13.2. The molecule has 1 saturated carbocycles. The average molecular weight is 405 g/mol. The first-order valence-corrected chi connectivity index (χ1v) is 10.7. The lowest BCUT2D eigenvalue weighted by atomic mass is 10.1. The van der Waals surface area contributed by atoms with E-state index in [1.165, 1.54) is 0 Å². The molecule has 0 aromatic heterocycles. The highest BCUT2D eigenvalue weighted by Gasteiger charge is 2.34. The number of carbonyl (C=O) groups excluding carboxylic acids is 2. The third-order valence-electron chi connectivity index (χ3n) is 5.18. The van der Waals surface area contributed by atoms with E-state index in [1.54, 1.807) is 12.1 Å². The van der Waals surface area contributed by atoms with Crippen LogP contribution in [0.2, 0.25) is 0 Å². The van der Waals surface area contributed by atoms with Crippen molar-refractivity contribution in [3.63, 3.8) is 0 Å². The van der Waals surface area contributed by atoms with E-state index in [-0.39, 0.29) is 17.7 Å². The first kappa shape index (κ1) is 21.3. The van der Waals surface area contributed by atoms with E-state index in [0.717, 1.165) is 25.8 Å². The van der Waals surface area contributed by atoms with E-state index in [4.69, 9.17) is 14.2 Å². The smallest absolute Gasteiger partial charge is 0.254 e. The van der Waals surface area contributed by atoms with E-state index < -0.39 is 0 Å². The summed E-state index contributed by atoms with van der Waals surface area (Å²) in [6, 6.07) is 3.47. The third-order valence-corrected chi connectivity index (χ3v) is 5.18. The second-order valence-electron chi connectivity index (χ2n) is 7.35. The van der Waals surface area contributed by atoms with Crippen LogP contribution in [0.4, 0.5) is 0 Å². The van der Waals surface area contributed by atoms with Gasteiger partial charge in [0.15, 0.2) is 11.5 Å². The summed E-state index contributed by atoms with van der Waals surface area (Å²) in [7, 11) is 0. The first-order valence-electron chi connectivity index (χ1n) is 10.7. The summed E-state index contributed by atoms with van der Waals surface area (Å²) in [5.41, 5.74) is 0.516. The average Bonchev–Trinajstić information content (AvgIpc) is 3.56. The van der Waals surface area contributed by atoms with Gasteiger partial charge in [0.05, 0.1) is 19.8 Å². The monoisotopic (exact) mass is 404 g/mol. The van der Waals surface area contributed by atoms with Crippen LogP contribution in [0.25, 0.3) is 0 Å². The van der Waals surface area contributed by atoms with Gasteiger partial charge in [-0.1, -0.05) is 0 Å². The van der Waals surface area contributed by atoms with Gasteiger partial charge in [-0.15, -0.1) is 0 Å². The minimum absolute atomic E-state index is 0.0734. The lowest BCUT2D eigenvalue weighted by Gasteiger charge is -2.23. The number of nitrogens with zero attached hydrogens (tertiary/aromatic N) is 2. The second kappa shape index (κ2) is 9.85. The molecule has 0 spiro atoms. The summed E-state index contributed by atoms with van der Waals surface area (Å²) in [5.74, 6) is 1.96. The Hall–Kier alpha value is -2.44. The van der Waals surface area contributed by atoms with E-state index >= 15 is 0 Å². The van der Waals surface area contributed by atoms with Crippen molar-refractivity contribution in [2.24, 2.45) is 5.92 Å². The molecule has 2 aliphatic rings. The Morgan fingerprint density at radius 1 is 0.862 bits per heavy atom. The molecule has 1 aliphatic heterocycles. The van der Waals surface area contributed by atoms with Crippen LogP contribution in [-0.2, 0) is 4.79 Å². The van der Waals surface area contributed by atoms with Crippen molar-refractivity contribution in [2.75, 3.05) is 46.0 Å².